The lowest BCUT2D eigenvalue weighted by atomic mass is 10.3. The highest BCUT2D eigenvalue weighted by molar-refractivity contribution is 5.77. The number of hydrogen-bond acceptors (Lipinski definition) is 2. The predicted molar refractivity (Wildman–Crippen MR) is 45.8 cm³/mol. The van der Waals surface area contributed by atoms with Crippen molar-refractivity contribution in [3.63, 3.8) is 0 Å². The molecular formula is C8H6F3N3. The summed E-state index contributed by atoms with van der Waals surface area (Å²) in [7, 11) is 0. The fourth-order valence-electron chi connectivity index (χ4n) is 1.15. The van der Waals surface area contributed by atoms with Crippen molar-refractivity contribution >= 4 is 17.0 Å². The summed E-state index contributed by atoms with van der Waals surface area (Å²) in [6, 6.07) is 6.72. The second-order valence-corrected chi connectivity index (χ2v) is 2.73. The zero-order valence-electron chi connectivity index (χ0n) is 6.89. The first-order chi connectivity index (χ1) is 6.54. The van der Waals surface area contributed by atoms with Crippen molar-refractivity contribution in [3.8, 4) is 0 Å². The van der Waals surface area contributed by atoms with Gasteiger partial charge in [-0.3, -0.25) is 5.32 Å². The van der Waals surface area contributed by atoms with Crippen LogP contribution in [-0.4, -0.2) is 16.3 Å². The SMILES string of the molecule is FC(F)(F)Nc1nc2ccccc2[nH]1. The molecule has 1 aromatic carbocycles. The molecule has 0 atom stereocenters. The smallest absolute Gasteiger partial charge is 0.324 e. The minimum Gasteiger partial charge on any atom is -0.324 e. The van der Waals surface area contributed by atoms with E-state index in [1.807, 2.05) is 0 Å². The van der Waals surface area contributed by atoms with Crippen LogP contribution >= 0.6 is 0 Å². The number of hydrogen-bond donors (Lipinski definition) is 2. The van der Waals surface area contributed by atoms with Gasteiger partial charge in [-0.05, 0) is 12.1 Å². The molecule has 0 amide bonds. The molecule has 3 nitrogen and oxygen atoms in total. The van der Waals surface area contributed by atoms with Crippen LogP contribution in [0.5, 0.6) is 0 Å². The van der Waals surface area contributed by atoms with E-state index < -0.39 is 6.30 Å². The van der Waals surface area contributed by atoms with Crippen LogP contribution in [0.25, 0.3) is 11.0 Å². The molecule has 2 aromatic rings. The summed E-state index contributed by atoms with van der Waals surface area (Å²) < 4.78 is 35.7. The van der Waals surface area contributed by atoms with Gasteiger partial charge in [-0.2, -0.15) is 13.2 Å². The lowest BCUT2D eigenvalue weighted by molar-refractivity contribution is -0.100. The quantitative estimate of drug-likeness (QED) is 0.696. The van der Waals surface area contributed by atoms with E-state index in [4.69, 9.17) is 0 Å². The zero-order valence-corrected chi connectivity index (χ0v) is 6.89. The molecule has 0 fully saturated rings. The van der Waals surface area contributed by atoms with Crippen molar-refractivity contribution in [2.24, 2.45) is 0 Å². The molecule has 2 N–H and O–H groups in total. The average Bonchev–Trinajstić information content (AvgIpc) is 2.42. The van der Waals surface area contributed by atoms with Gasteiger partial charge in [0, 0.05) is 0 Å². The van der Waals surface area contributed by atoms with Crippen LogP contribution in [-0.2, 0) is 0 Å². The number of alkyl halides is 3. The van der Waals surface area contributed by atoms with Crippen LogP contribution in [0.4, 0.5) is 19.1 Å². The Hall–Kier alpha value is -1.72. The maximum atomic E-state index is 11.9. The standard InChI is InChI=1S/C8H6F3N3/c9-8(10,11)14-7-12-5-3-1-2-4-6(5)13-7/h1-4H,(H2,12,13,14). The second kappa shape index (κ2) is 2.90. The first-order valence-corrected chi connectivity index (χ1v) is 3.84. The Morgan fingerprint density at radius 1 is 1.21 bits per heavy atom. The Bertz CT molecular complexity index is 413. The molecular weight excluding hydrogens is 195 g/mol. The molecule has 1 heterocycles. The minimum absolute atomic E-state index is 0.293. The van der Waals surface area contributed by atoms with Crippen molar-refractivity contribution in [3.05, 3.63) is 24.3 Å². The van der Waals surface area contributed by atoms with Gasteiger partial charge in [-0.25, -0.2) is 4.98 Å². The van der Waals surface area contributed by atoms with E-state index in [1.165, 1.54) is 5.32 Å². The fourth-order valence-corrected chi connectivity index (χ4v) is 1.15. The van der Waals surface area contributed by atoms with E-state index in [9.17, 15) is 13.2 Å². The maximum Gasteiger partial charge on any atom is 0.484 e. The van der Waals surface area contributed by atoms with E-state index in [1.54, 1.807) is 24.3 Å². The number of benzene rings is 1. The number of nitrogens with one attached hydrogen (secondary N) is 2. The molecule has 0 saturated heterocycles. The topological polar surface area (TPSA) is 40.7 Å². The highest BCUT2D eigenvalue weighted by Gasteiger charge is 2.28. The van der Waals surface area contributed by atoms with Gasteiger partial charge in [0.2, 0.25) is 5.95 Å². The van der Waals surface area contributed by atoms with Crippen molar-refractivity contribution in [1.82, 2.24) is 9.97 Å². The average molecular weight is 201 g/mol. The summed E-state index contributed by atoms with van der Waals surface area (Å²) in [5, 5.41) is 1.30. The third kappa shape index (κ3) is 1.78. The van der Waals surface area contributed by atoms with Crippen LogP contribution in [0.2, 0.25) is 0 Å². The van der Waals surface area contributed by atoms with Gasteiger partial charge in [-0.1, -0.05) is 12.1 Å². The third-order valence-electron chi connectivity index (χ3n) is 1.65. The summed E-state index contributed by atoms with van der Waals surface area (Å²) in [6.07, 6.45) is -4.46. The molecule has 0 aliphatic rings. The molecule has 0 radical (unpaired) electrons. The zero-order chi connectivity index (χ0) is 10.2. The van der Waals surface area contributed by atoms with Gasteiger partial charge in [0.05, 0.1) is 11.0 Å². The van der Waals surface area contributed by atoms with Crippen LogP contribution in [0.15, 0.2) is 24.3 Å². The second-order valence-electron chi connectivity index (χ2n) is 2.73. The van der Waals surface area contributed by atoms with Crippen LogP contribution in [0, 0.1) is 0 Å². The number of fused-ring (bicyclic) bond motifs is 1. The summed E-state index contributed by atoms with van der Waals surface area (Å²) in [5.41, 5.74) is 1.07. The summed E-state index contributed by atoms with van der Waals surface area (Å²) >= 11 is 0. The van der Waals surface area contributed by atoms with Crippen molar-refractivity contribution in [2.75, 3.05) is 5.32 Å². The van der Waals surface area contributed by atoms with Crippen molar-refractivity contribution < 1.29 is 13.2 Å². The van der Waals surface area contributed by atoms with Crippen molar-refractivity contribution in [1.29, 1.82) is 0 Å². The Balaban J connectivity index is 2.36. The highest BCUT2D eigenvalue weighted by atomic mass is 19.4. The first-order valence-electron chi connectivity index (χ1n) is 3.84. The maximum absolute atomic E-state index is 11.9. The largest absolute Gasteiger partial charge is 0.484 e. The number of nitrogens with zero attached hydrogens (tertiary/aromatic N) is 1. The van der Waals surface area contributed by atoms with Crippen LogP contribution in [0.3, 0.4) is 0 Å². The van der Waals surface area contributed by atoms with Gasteiger partial charge in [-0.15, -0.1) is 0 Å². The number of halogens is 3. The molecule has 0 spiro atoms. The summed E-state index contributed by atoms with van der Waals surface area (Å²) in [6.45, 7) is 0. The van der Waals surface area contributed by atoms with E-state index in [-0.39, 0.29) is 5.95 Å². The fraction of sp³-hybridized carbons (Fsp3) is 0.125. The van der Waals surface area contributed by atoms with E-state index >= 15 is 0 Å². The normalized spacial score (nSPS) is 11.9. The van der Waals surface area contributed by atoms with Crippen LogP contribution in [0.1, 0.15) is 0 Å². The molecule has 1 aromatic heterocycles. The number of aromatic nitrogens is 2. The van der Waals surface area contributed by atoms with Gasteiger partial charge in [0.1, 0.15) is 0 Å². The predicted octanol–water partition coefficient (Wildman–Crippen LogP) is 2.49. The van der Waals surface area contributed by atoms with Crippen molar-refractivity contribution in [2.45, 2.75) is 6.30 Å². The van der Waals surface area contributed by atoms with Gasteiger partial charge < -0.3 is 4.98 Å². The number of anilines is 1. The summed E-state index contributed by atoms with van der Waals surface area (Å²) in [4.78, 5) is 6.22. The number of imidazole rings is 1. The monoisotopic (exact) mass is 201 g/mol. The Kier molecular flexibility index (Phi) is 1.83. The summed E-state index contributed by atoms with van der Waals surface area (Å²) in [5.74, 6) is -0.293. The molecule has 6 heteroatoms. The number of H-pyrrole nitrogens is 1. The van der Waals surface area contributed by atoms with E-state index in [0.717, 1.165) is 0 Å². The molecule has 14 heavy (non-hydrogen) atoms. The van der Waals surface area contributed by atoms with Crippen LogP contribution < -0.4 is 5.32 Å². The van der Waals surface area contributed by atoms with Gasteiger partial charge >= 0.3 is 6.30 Å². The number of para-hydroxylation sites is 2. The van der Waals surface area contributed by atoms with E-state index in [2.05, 4.69) is 9.97 Å². The van der Waals surface area contributed by atoms with E-state index in [0.29, 0.717) is 11.0 Å². The molecule has 0 saturated carbocycles. The molecule has 0 aliphatic carbocycles. The Morgan fingerprint density at radius 3 is 2.57 bits per heavy atom. The third-order valence-corrected chi connectivity index (χ3v) is 1.65. The first kappa shape index (κ1) is 8.86. The Labute approximate surface area is 77.0 Å². The lowest BCUT2D eigenvalue weighted by Crippen LogP contribution is -2.21. The van der Waals surface area contributed by atoms with Gasteiger partial charge in [0.15, 0.2) is 0 Å². The Morgan fingerprint density at radius 2 is 1.93 bits per heavy atom. The van der Waals surface area contributed by atoms with Gasteiger partial charge in [0.25, 0.3) is 0 Å². The molecule has 0 aliphatic heterocycles. The number of rotatable bonds is 1. The molecule has 0 bridgehead atoms. The minimum atomic E-state index is -4.46. The molecule has 0 unspecified atom stereocenters. The highest BCUT2D eigenvalue weighted by Crippen LogP contribution is 2.19. The molecule has 2 rings (SSSR count). The molecule has 74 valence electrons. The number of aromatic amines is 1. The lowest BCUT2D eigenvalue weighted by Gasteiger charge is -2.05.